The zero-order valence-corrected chi connectivity index (χ0v) is 47.7. The fraction of sp³-hybridized carbons (Fsp3) is 0. The van der Waals surface area contributed by atoms with Gasteiger partial charge in [-0.15, -0.1) is 22.7 Å². The fourth-order valence-electron chi connectivity index (χ4n) is 14.8. The van der Waals surface area contributed by atoms with Crippen molar-refractivity contribution in [2.45, 2.75) is 0 Å². The molecule has 20 aromatic rings. The molecule has 86 heavy (non-hydrogen) atoms. The molecule has 0 spiro atoms. The molecule has 16 aromatic carbocycles. The molecule has 0 aliphatic carbocycles. The lowest BCUT2D eigenvalue weighted by molar-refractivity contribution is 1.19. The largest absolute Gasteiger partial charge is 0.308 e. The molecule has 0 amide bonds. The average Bonchev–Trinajstić information content (AvgIpc) is 1.52. The fourth-order valence-corrected chi connectivity index (χ4v) is 17.4. The molecule has 0 saturated carbocycles. The molecule has 0 aliphatic rings. The van der Waals surface area contributed by atoms with Crippen LogP contribution in [-0.4, -0.2) is 9.13 Å². The van der Waals surface area contributed by atoms with Crippen LogP contribution in [0.3, 0.4) is 0 Å². The van der Waals surface area contributed by atoms with Crippen LogP contribution in [0.1, 0.15) is 5.48 Å². The Morgan fingerprint density at radius 2 is 0.651 bits per heavy atom. The van der Waals surface area contributed by atoms with E-state index in [-0.39, 0.29) is 24.2 Å². The van der Waals surface area contributed by atoms with Gasteiger partial charge in [-0.2, -0.15) is 0 Å². The Morgan fingerprint density at radius 1 is 0.256 bits per heavy atom. The molecule has 4 heterocycles. The second-order valence-electron chi connectivity index (χ2n) is 22.5. The van der Waals surface area contributed by atoms with E-state index in [9.17, 15) is 0 Å². The number of aromatic nitrogens is 2. The molecular formula is C82H48N2S2. The SMILES string of the molecule is [2H]c1c([2H])c([2H])c2c(sc3c2c2ccccc2c2c3c3c4ccccc4c4ccccc4c3n2-c2ccccc2)c1[2H].c1ccc(-c2cccc3c2sc2c3c3ccccc3c3c2c2c4ccccc4c4ccccc4c2n3-c2cccc3ccccc23)cc1. The third kappa shape index (κ3) is 6.60. The minimum absolute atomic E-state index is 0.0175. The van der Waals surface area contributed by atoms with Gasteiger partial charge in [-0.25, -0.2) is 0 Å². The summed E-state index contributed by atoms with van der Waals surface area (Å²) in [5, 5.41) is 26.0. The van der Waals surface area contributed by atoms with Gasteiger partial charge in [-0.1, -0.05) is 267 Å². The minimum Gasteiger partial charge on any atom is -0.308 e. The summed E-state index contributed by atoms with van der Waals surface area (Å²) >= 11 is 3.44. The van der Waals surface area contributed by atoms with E-state index in [0.717, 1.165) is 59.1 Å². The Kier molecular flexibility index (Phi) is 9.43. The van der Waals surface area contributed by atoms with Crippen molar-refractivity contribution in [2.75, 3.05) is 0 Å². The first-order valence-electron chi connectivity index (χ1n) is 31.3. The first kappa shape index (κ1) is 44.0. The van der Waals surface area contributed by atoms with E-state index in [1.165, 1.54) is 124 Å². The third-order valence-corrected chi connectivity index (χ3v) is 20.6. The third-order valence-electron chi connectivity index (χ3n) is 18.2. The van der Waals surface area contributed by atoms with Crippen LogP contribution in [0, 0.1) is 0 Å². The van der Waals surface area contributed by atoms with Crippen LogP contribution >= 0.6 is 22.7 Å². The van der Waals surface area contributed by atoms with Crippen molar-refractivity contribution in [3.8, 4) is 22.5 Å². The molecular weight excluding hydrogens is 1080 g/mol. The molecule has 0 fully saturated rings. The van der Waals surface area contributed by atoms with Crippen LogP contribution in [0.5, 0.6) is 0 Å². The normalized spacial score (nSPS) is 12.8. The van der Waals surface area contributed by atoms with Gasteiger partial charge in [0.25, 0.3) is 0 Å². The van der Waals surface area contributed by atoms with Gasteiger partial charge in [0.2, 0.25) is 0 Å². The highest BCUT2D eigenvalue weighted by atomic mass is 32.1. The number of hydrogen-bond donors (Lipinski definition) is 0. The smallest absolute Gasteiger partial charge is 0.0638 e. The lowest BCUT2D eigenvalue weighted by atomic mass is 9.94. The zero-order chi connectivity index (χ0) is 59.6. The van der Waals surface area contributed by atoms with Crippen LogP contribution in [-0.2, 0) is 0 Å². The number of hydrogen-bond acceptors (Lipinski definition) is 2. The molecule has 4 aromatic heterocycles. The molecule has 20 rings (SSSR count). The van der Waals surface area contributed by atoms with E-state index in [1.807, 2.05) is 23.5 Å². The zero-order valence-electron chi connectivity index (χ0n) is 50.1. The van der Waals surface area contributed by atoms with Crippen LogP contribution in [0.2, 0.25) is 0 Å². The van der Waals surface area contributed by atoms with Crippen molar-refractivity contribution in [2.24, 2.45) is 0 Å². The monoisotopic (exact) mass is 1130 g/mol. The lowest BCUT2D eigenvalue weighted by Gasteiger charge is -2.15. The number of thiophene rings is 2. The molecule has 0 bridgehead atoms. The Morgan fingerprint density at radius 3 is 1.26 bits per heavy atom. The predicted molar refractivity (Wildman–Crippen MR) is 375 cm³/mol. The Balaban J connectivity index is 0.000000131. The van der Waals surface area contributed by atoms with Crippen molar-refractivity contribution >= 4 is 182 Å². The molecule has 2 nitrogen and oxygen atoms in total. The molecule has 398 valence electrons. The maximum atomic E-state index is 8.96. The summed E-state index contributed by atoms with van der Waals surface area (Å²) in [6.07, 6.45) is 0. The van der Waals surface area contributed by atoms with Gasteiger partial charge in [0, 0.05) is 94.5 Å². The number of nitrogens with zero attached hydrogens (tertiary/aromatic N) is 2. The molecule has 0 unspecified atom stereocenters. The van der Waals surface area contributed by atoms with E-state index < -0.39 is 0 Å². The first-order valence-corrected chi connectivity index (χ1v) is 30.9. The lowest BCUT2D eigenvalue weighted by Crippen LogP contribution is -1.97. The Labute approximate surface area is 507 Å². The van der Waals surface area contributed by atoms with E-state index in [0.29, 0.717) is 10.1 Å². The highest BCUT2D eigenvalue weighted by molar-refractivity contribution is 7.28. The Bertz CT molecular complexity index is 6510. The summed E-state index contributed by atoms with van der Waals surface area (Å²) in [4.78, 5) is 0. The van der Waals surface area contributed by atoms with E-state index in [2.05, 4.69) is 264 Å². The van der Waals surface area contributed by atoms with Gasteiger partial charge in [0.05, 0.1) is 33.2 Å². The molecule has 0 atom stereocenters. The number of fused-ring (bicyclic) bond motifs is 31. The summed E-state index contributed by atoms with van der Waals surface area (Å²) in [6.45, 7) is 0. The standard InChI is InChI=1S/C46H27NS.C36H21NS/c1-2-14-29(15-3-1)31-25-13-26-38-40-35-22-9-11-24-37(35)44-42(46(40)48-45(31)38)41-34-21-8-6-19-32(34)33-20-7-10-23-36(33)43(41)47(44)39-27-12-17-28-16-4-5-18-30(28)39;1-2-12-22(13-3-1)37-34-27-18-8-5-15-24(27)23-14-4-6-16-25(23)32(34)33-35(37)28-19-9-7-17-26(28)31-29-20-10-11-21-30(29)38-36(31)33/h1-27H;1-21H/i;10D,11D,20D,21D. The van der Waals surface area contributed by atoms with Gasteiger partial charge >= 0.3 is 0 Å². The molecule has 0 N–H and O–H groups in total. The number of para-hydroxylation sites is 1. The van der Waals surface area contributed by atoms with Crippen LogP contribution in [0.25, 0.3) is 182 Å². The van der Waals surface area contributed by atoms with Crippen molar-refractivity contribution in [3.63, 3.8) is 0 Å². The average molecular weight is 1130 g/mol. The molecule has 0 aliphatic heterocycles. The van der Waals surface area contributed by atoms with Gasteiger partial charge < -0.3 is 9.13 Å². The summed E-state index contributed by atoms with van der Waals surface area (Å²) in [6, 6.07) is 96.0. The first-order chi connectivity index (χ1) is 44.4. The van der Waals surface area contributed by atoms with E-state index in [4.69, 9.17) is 5.48 Å². The topological polar surface area (TPSA) is 9.86 Å². The van der Waals surface area contributed by atoms with Gasteiger partial charge in [-0.3, -0.25) is 0 Å². The Hall–Kier alpha value is -10.6. The van der Waals surface area contributed by atoms with Crippen molar-refractivity contribution < 1.29 is 5.48 Å². The molecule has 0 radical (unpaired) electrons. The molecule has 4 heteroatoms. The number of rotatable bonds is 3. The maximum Gasteiger partial charge on any atom is 0.0638 e. The van der Waals surface area contributed by atoms with Gasteiger partial charge in [0.15, 0.2) is 0 Å². The van der Waals surface area contributed by atoms with Gasteiger partial charge in [-0.05, 0) is 83.8 Å². The second kappa shape index (κ2) is 18.4. The van der Waals surface area contributed by atoms with Crippen molar-refractivity contribution in [1.82, 2.24) is 9.13 Å². The van der Waals surface area contributed by atoms with Crippen molar-refractivity contribution in [1.29, 1.82) is 0 Å². The van der Waals surface area contributed by atoms with E-state index in [1.54, 1.807) is 0 Å². The summed E-state index contributed by atoms with van der Waals surface area (Å²) in [7, 11) is 0. The summed E-state index contributed by atoms with van der Waals surface area (Å²) in [5.74, 6) is 0. The predicted octanol–water partition coefficient (Wildman–Crippen LogP) is 24.0. The van der Waals surface area contributed by atoms with Crippen LogP contribution in [0.4, 0.5) is 0 Å². The second-order valence-corrected chi connectivity index (χ2v) is 24.6. The van der Waals surface area contributed by atoms with Crippen LogP contribution < -0.4 is 0 Å². The summed E-state index contributed by atoms with van der Waals surface area (Å²) < 4.78 is 44.0. The van der Waals surface area contributed by atoms with Gasteiger partial charge in [0.1, 0.15) is 0 Å². The number of benzene rings is 16. The highest BCUT2D eigenvalue weighted by Crippen LogP contribution is 2.54. The highest BCUT2D eigenvalue weighted by Gasteiger charge is 2.28. The summed E-state index contributed by atoms with van der Waals surface area (Å²) in [5.41, 5.74) is 9.58. The quantitative estimate of drug-likeness (QED) is 0.156. The van der Waals surface area contributed by atoms with Crippen LogP contribution in [0.15, 0.2) is 291 Å². The molecule has 0 saturated heterocycles. The van der Waals surface area contributed by atoms with E-state index >= 15 is 0 Å². The van der Waals surface area contributed by atoms with Crippen molar-refractivity contribution in [3.05, 3.63) is 291 Å². The maximum absolute atomic E-state index is 8.96. The minimum atomic E-state index is -0.195.